The minimum absolute atomic E-state index is 0. The zero-order chi connectivity index (χ0) is 54.1. The van der Waals surface area contributed by atoms with E-state index in [0.29, 0.717) is 47.5 Å². The van der Waals surface area contributed by atoms with Crippen LogP contribution in [0.5, 0.6) is 23.0 Å². The molecule has 0 aliphatic carbocycles. The fraction of sp³-hybridized carbons (Fsp3) is 0.211. The molecule has 0 saturated carbocycles. The molecule has 0 atom stereocenters. The Morgan fingerprint density at radius 2 is 1.01 bits per heavy atom. The van der Waals surface area contributed by atoms with Gasteiger partial charge in [0, 0.05) is 47.5 Å². The number of esters is 1. The standard InChI is InChI=1S/C25H23N3O4.C18H25NO3.C13H10O3.CH4.ClH.HNO2.Na/c1-16(2)25(32)26-13-12-17-8-10-19(11-9-17)27-28-21-14-20(22(29)15-23(21)30)24(31)18-6-4-3-5-7-18;1-13(2)17(21)19-11-10-14-6-8-15(9-7-14)12-16(20)22-18(3,4)5;14-10-6-7-11(12(15)8-10)13(16)9-4-2-1-3-5-9;;;2-1-3;/h3-11,14-15,29-30H,1,12-13H2,2H3,(H,26,32);6-9H,1,10-12H2,2-5H3,(H,19,21);1-8,14-15H;1H4;1H;(H,2,3);/q;;;;;;+1/p-1. The van der Waals surface area contributed by atoms with Gasteiger partial charge in [-0.25, -0.2) is 0 Å². The molecular formula is C57H63ClN5NaO12. The molecule has 0 unspecified atom stereocenters. The maximum absolute atomic E-state index is 12.7. The van der Waals surface area contributed by atoms with E-state index >= 15 is 0 Å². The number of hydrogen-bond donors (Lipinski definition) is 6. The van der Waals surface area contributed by atoms with Crippen LogP contribution in [0.15, 0.2) is 179 Å². The van der Waals surface area contributed by atoms with Crippen molar-refractivity contribution in [2.45, 2.75) is 66.9 Å². The van der Waals surface area contributed by atoms with Crippen molar-refractivity contribution in [2.75, 3.05) is 13.1 Å². The van der Waals surface area contributed by atoms with E-state index in [1.165, 1.54) is 18.2 Å². The summed E-state index contributed by atoms with van der Waals surface area (Å²) in [5.41, 5.74) is 5.27. The third-order valence-corrected chi connectivity index (χ3v) is 9.81. The predicted octanol–water partition coefficient (Wildman–Crippen LogP) is 8.43. The monoisotopic (exact) mass is 1070 g/mol. The number of carbonyl (C=O) groups excluding carboxylic acids is 5. The molecule has 19 heteroatoms. The molecule has 0 radical (unpaired) electrons. The Bertz CT molecular complexity index is 2890. The van der Waals surface area contributed by atoms with Crippen molar-refractivity contribution in [1.29, 1.82) is 0 Å². The van der Waals surface area contributed by atoms with Crippen LogP contribution in [0.3, 0.4) is 0 Å². The van der Waals surface area contributed by atoms with Gasteiger partial charge in [-0.2, -0.15) is 5.11 Å². The fourth-order valence-corrected chi connectivity index (χ4v) is 6.18. The predicted molar refractivity (Wildman–Crippen MR) is 292 cm³/mol. The Morgan fingerprint density at radius 1 is 0.592 bits per heavy atom. The molecule has 6 N–H and O–H groups in total. The molecule has 6 aromatic carbocycles. The van der Waals surface area contributed by atoms with Gasteiger partial charge in [0.25, 0.3) is 0 Å². The minimum atomic E-state index is -0.460. The van der Waals surface area contributed by atoms with Crippen molar-refractivity contribution in [2.24, 2.45) is 15.6 Å². The number of nitrogens with zero attached hydrogens (tertiary/aromatic N) is 3. The summed E-state index contributed by atoms with van der Waals surface area (Å²) in [6, 6.07) is 38.5. The largest absolute Gasteiger partial charge is 1.00 e. The molecular weight excluding hydrogens is 1010 g/mol. The number of azo groups is 1. The second-order valence-corrected chi connectivity index (χ2v) is 17.0. The molecule has 0 fully saturated rings. The average molecular weight is 1070 g/mol. The number of hydrogen-bond acceptors (Lipinski definition) is 15. The molecule has 6 rings (SSSR count). The minimum Gasteiger partial charge on any atom is -0.508 e. The average Bonchev–Trinajstić information content (AvgIpc) is 3.35. The van der Waals surface area contributed by atoms with Gasteiger partial charge in [0.15, 0.2) is 11.6 Å². The second kappa shape index (κ2) is 34.5. The van der Waals surface area contributed by atoms with Gasteiger partial charge in [0.2, 0.25) is 11.8 Å². The maximum Gasteiger partial charge on any atom is 1.00 e. The van der Waals surface area contributed by atoms with E-state index in [-0.39, 0.29) is 125 Å². The Morgan fingerprint density at radius 3 is 1.45 bits per heavy atom. The van der Waals surface area contributed by atoms with Crippen LogP contribution in [0, 0.1) is 10.1 Å². The fourth-order valence-electron chi connectivity index (χ4n) is 6.18. The SMILES string of the molecule is C.C=C(C)C(=O)NCCc1ccc(CC(=O)OC(C)(C)C)cc1.C=C(C)C(=O)NCCc1ccc(N=Nc2cc(C(=O)c3ccccc3)c(O)cc2O)cc1.Cl.O=C(c1ccccc1)c1ccc(O)cc1O.O=N[O-].[Na+]. The van der Waals surface area contributed by atoms with Crippen LogP contribution in [-0.4, -0.2) is 68.5 Å². The normalized spacial score (nSPS) is 9.96. The number of phenols is 4. The summed E-state index contributed by atoms with van der Waals surface area (Å²) in [7, 11) is 0. The number of carbonyl (C=O) groups is 5. The van der Waals surface area contributed by atoms with Crippen LogP contribution in [0.25, 0.3) is 0 Å². The third-order valence-electron chi connectivity index (χ3n) is 9.81. The molecule has 0 spiro atoms. The summed E-state index contributed by atoms with van der Waals surface area (Å²) in [5, 5.41) is 61.6. The molecule has 396 valence electrons. The maximum atomic E-state index is 12.7. The van der Waals surface area contributed by atoms with Gasteiger partial charge in [-0.3, -0.25) is 24.0 Å². The van der Waals surface area contributed by atoms with Crippen molar-refractivity contribution >= 4 is 53.1 Å². The molecule has 0 aliphatic rings. The van der Waals surface area contributed by atoms with E-state index in [4.69, 9.17) is 20.0 Å². The number of halogens is 1. The summed E-state index contributed by atoms with van der Waals surface area (Å²) >= 11 is 0. The first-order chi connectivity index (χ1) is 34.6. The van der Waals surface area contributed by atoms with Crippen molar-refractivity contribution in [3.05, 3.63) is 213 Å². The number of ether oxygens (including phenoxy) is 1. The summed E-state index contributed by atoms with van der Waals surface area (Å²) in [6.07, 6.45) is 1.66. The van der Waals surface area contributed by atoms with E-state index in [9.17, 15) is 39.3 Å². The summed E-state index contributed by atoms with van der Waals surface area (Å²) < 4.78 is 5.29. The number of phenolic OH excluding ortho intramolecular Hbond substituents is 4. The van der Waals surface area contributed by atoms with Gasteiger partial charge in [0.1, 0.15) is 34.3 Å². The summed E-state index contributed by atoms with van der Waals surface area (Å²) in [4.78, 5) is 67.2. The van der Waals surface area contributed by atoms with Gasteiger partial charge in [-0.1, -0.05) is 118 Å². The quantitative estimate of drug-likeness (QED) is 0.0101. The first-order valence-corrected chi connectivity index (χ1v) is 22.5. The number of nitrogens with one attached hydrogen (secondary N) is 2. The second-order valence-electron chi connectivity index (χ2n) is 17.0. The Balaban J connectivity index is 0.00000112. The van der Waals surface area contributed by atoms with E-state index < -0.39 is 5.60 Å². The molecule has 17 nitrogen and oxygen atoms in total. The molecule has 2 amide bonds. The Kier molecular flexibility index (Phi) is 30.9. The van der Waals surface area contributed by atoms with E-state index in [0.717, 1.165) is 40.6 Å². The molecule has 0 bridgehead atoms. The smallest absolute Gasteiger partial charge is 0.508 e. The first kappa shape index (κ1) is 68.0. The molecule has 0 aromatic heterocycles. The number of amides is 2. The van der Waals surface area contributed by atoms with Crippen LogP contribution >= 0.6 is 12.4 Å². The van der Waals surface area contributed by atoms with Crippen molar-refractivity contribution < 1.29 is 78.7 Å². The number of aromatic hydroxyl groups is 4. The molecule has 0 aliphatic heterocycles. The number of benzene rings is 6. The number of rotatable bonds is 16. The Hall–Kier alpha value is -7.96. The van der Waals surface area contributed by atoms with Gasteiger partial charge in [-0.05, 0) is 94.5 Å². The molecule has 6 aromatic rings. The number of ketones is 2. The van der Waals surface area contributed by atoms with Crippen molar-refractivity contribution in [1.82, 2.24) is 10.6 Å². The van der Waals surface area contributed by atoms with Crippen LogP contribution in [-0.2, 0) is 38.4 Å². The van der Waals surface area contributed by atoms with Gasteiger partial charge < -0.3 is 45.9 Å². The summed E-state index contributed by atoms with van der Waals surface area (Å²) in [5.74, 6) is -2.08. The van der Waals surface area contributed by atoms with E-state index in [2.05, 4.69) is 34.0 Å². The molecule has 76 heavy (non-hydrogen) atoms. The molecule has 0 heterocycles. The zero-order valence-corrected chi connectivity index (χ0v) is 45.4. The van der Waals surface area contributed by atoms with Crippen molar-refractivity contribution in [3.8, 4) is 23.0 Å². The topological polar surface area (TPSA) is 277 Å². The molecule has 0 saturated heterocycles. The zero-order valence-electron chi connectivity index (χ0n) is 42.5. The van der Waals surface area contributed by atoms with Crippen LogP contribution in [0.2, 0.25) is 0 Å². The van der Waals surface area contributed by atoms with Gasteiger partial charge >= 0.3 is 35.5 Å². The van der Waals surface area contributed by atoms with E-state index in [1.54, 1.807) is 80.6 Å². The Labute approximate surface area is 471 Å². The van der Waals surface area contributed by atoms with Crippen LogP contribution in [0.4, 0.5) is 11.4 Å². The van der Waals surface area contributed by atoms with Crippen LogP contribution in [0.1, 0.15) is 90.6 Å². The third kappa shape index (κ3) is 24.4. The summed E-state index contributed by atoms with van der Waals surface area (Å²) in [6.45, 7) is 17.1. The first-order valence-electron chi connectivity index (χ1n) is 22.5. The van der Waals surface area contributed by atoms with Crippen molar-refractivity contribution in [3.63, 3.8) is 0 Å². The van der Waals surface area contributed by atoms with Gasteiger partial charge in [0.05, 0.1) is 23.2 Å². The van der Waals surface area contributed by atoms with Crippen LogP contribution < -0.4 is 40.2 Å². The van der Waals surface area contributed by atoms with E-state index in [1.807, 2.05) is 63.2 Å². The van der Waals surface area contributed by atoms with Gasteiger partial charge in [-0.15, -0.1) is 22.9 Å².